The monoisotopic (exact) mass is 260 g/mol. The van der Waals surface area contributed by atoms with E-state index in [1.807, 2.05) is 20.8 Å². The number of carbonyl (C=O) groups excluding carboxylic acids is 1. The Morgan fingerprint density at radius 1 is 1.39 bits per heavy atom. The van der Waals surface area contributed by atoms with E-state index in [-0.39, 0.29) is 5.60 Å². The van der Waals surface area contributed by atoms with Gasteiger partial charge in [-0.1, -0.05) is 13.3 Å². The maximum Gasteiger partial charge on any atom is 0.326 e. The topological polar surface area (TPSA) is 87.7 Å². The summed E-state index contributed by atoms with van der Waals surface area (Å²) >= 11 is 0. The van der Waals surface area contributed by atoms with Gasteiger partial charge < -0.3 is 20.5 Å². The summed E-state index contributed by atoms with van der Waals surface area (Å²) in [5, 5.41) is 13.9. The third kappa shape index (κ3) is 7.11. The fourth-order valence-corrected chi connectivity index (χ4v) is 1.33. The Morgan fingerprint density at radius 3 is 2.44 bits per heavy atom. The Kier molecular flexibility index (Phi) is 7.35. The van der Waals surface area contributed by atoms with Gasteiger partial charge in [0.25, 0.3) is 0 Å². The lowest BCUT2D eigenvalue weighted by atomic mass is 10.1. The van der Waals surface area contributed by atoms with Gasteiger partial charge in [0.15, 0.2) is 0 Å². The number of carboxylic acid groups (broad SMARTS) is 1. The molecule has 0 aliphatic rings. The average Bonchev–Trinajstić information content (AvgIpc) is 2.28. The maximum absolute atomic E-state index is 11.5. The number of hydrogen-bond donors (Lipinski definition) is 3. The highest BCUT2D eigenvalue weighted by molar-refractivity contribution is 5.82. The first kappa shape index (κ1) is 16.7. The van der Waals surface area contributed by atoms with Gasteiger partial charge in [-0.15, -0.1) is 0 Å². The van der Waals surface area contributed by atoms with Gasteiger partial charge in [0, 0.05) is 13.7 Å². The second-order valence-corrected chi connectivity index (χ2v) is 4.79. The van der Waals surface area contributed by atoms with Crippen LogP contribution < -0.4 is 10.6 Å². The number of urea groups is 1. The van der Waals surface area contributed by atoms with Gasteiger partial charge in [-0.05, 0) is 26.7 Å². The molecule has 0 aromatic heterocycles. The van der Waals surface area contributed by atoms with Crippen LogP contribution in [0.4, 0.5) is 4.79 Å². The van der Waals surface area contributed by atoms with E-state index in [4.69, 9.17) is 9.84 Å². The number of ether oxygens (including phenoxy) is 1. The summed E-state index contributed by atoms with van der Waals surface area (Å²) in [6.45, 7) is 6.15. The molecule has 6 nitrogen and oxygen atoms in total. The van der Waals surface area contributed by atoms with E-state index in [0.717, 1.165) is 0 Å². The average molecular weight is 260 g/mol. The van der Waals surface area contributed by atoms with Crippen molar-refractivity contribution in [1.82, 2.24) is 10.6 Å². The van der Waals surface area contributed by atoms with Crippen molar-refractivity contribution < 1.29 is 19.4 Å². The minimum Gasteiger partial charge on any atom is -0.480 e. The zero-order valence-corrected chi connectivity index (χ0v) is 11.6. The van der Waals surface area contributed by atoms with E-state index in [1.54, 1.807) is 7.11 Å². The van der Waals surface area contributed by atoms with E-state index in [2.05, 4.69) is 10.6 Å². The minimum atomic E-state index is -1.01. The van der Waals surface area contributed by atoms with Crippen molar-refractivity contribution in [3.05, 3.63) is 0 Å². The van der Waals surface area contributed by atoms with Gasteiger partial charge >= 0.3 is 12.0 Å². The lowest BCUT2D eigenvalue weighted by Gasteiger charge is -2.23. The van der Waals surface area contributed by atoms with Crippen LogP contribution in [-0.2, 0) is 9.53 Å². The summed E-state index contributed by atoms with van der Waals surface area (Å²) in [7, 11) is 1.61. The van der Waals surface area contributed by atoms with Crippen LogP contribution in [0.2, 0.25) is 0 Å². The van der Waals surface area contributed by atoms with Crippen LogP contribution in [0.15, 0.2) is 0 Å². The number of carbonyl (C=O) groups is 2. The van der Waals surface area contributed by atoms with E-state index in [1.165, 1.54) is 0 Å². The van der Waals surface area contributed by atoms with Gasteiger partial charge in [-0.25, -0.2) is 9.59 Å². The van der Waals surface area contributed by atoms with Crippen LogP contribution in [0.1, 0.15) is 40.0 Å². The Morgan fingerprint density at radius 2 is 2.00 bits per heavy atom. The Hall–Kier alpha value is -1.30. The van der Waals surface area contributed by atoms with Gasteiger partial charge in [0.1, 0.15) is 6.04 Å². The van der Waals surface area contributed by atoms with Crippen LogP contribution in [0.3, 0.4) is 0 Å². The van der Waals surface area contributed by atoms with Crippen LogP contribution in [0, 0.1) is 0 Å². The lowest BCUT2D eigenvalue weighted by Crippen LogP contribution is -2.46. The first-order valence-electron chi connectivity index (χ1n) is 6.14. The fourth-order valence-electron chi connectivity index (χ4n) is 1.33. The molecule has 0 saturated heterocycles. The van der Waals surface area contributed by atoms with E-state index in [0.29, 0.717) is 25.8 Å². The van der Waals surface area contributed by atoms with Crippen LogP contribution in [0.5, 0.6) is 0 Å². The van der Waals surface area contributed by atoms with E-state index in [9.17, 15) is 9.59 Å². The lowest BCUT2D eigenvalue weighted by molar-refractivity contribution is -0.139. The molecule has 0 rings (SSSR count). The molecule has 18 heavy (non-hydrogen) atoms. The molecule has 0 radical (unpaired) electrons. The number of hydrogen-bond acceptors (Lipinski definition) is 3. The molecule has 0 saturated carbocycles. The molecule has 0 aromatic carbocycles. The number of carboxylic acids is 1. The molecule has 6 heteroatoms. The first-order valence-corrected chi connectivity index (χ1v) is 6.14. The summed E-state index contributed by atoms with van der Waals surface area (Å²) in [4.78, 5) is 22.3. The SMILES string of the molecule is CCCC(NC(=O)NCCC(C)(C)OC)C(=O)O. The standard InChI is InChI=1S/C12H24N2O4/c1-5-6-9(10(15)16)14-11(17)13-8-7-12(2,3)18-4/h9H,5-8H2,1-4H3,(H,15,16)(H2,13,14,17). The van der Waals surface area contributed by atoms with Crippen molar-refractivity contribution in [1.29, 1.82) is 0 Å². The summed E-state index contributed by atoms with van der Waals surface area (Å²) in [6.07, 6.45) is 1.78. The molecule has 0 spiro atoms. The molecule has 106 valence electrons. The highest BCUT2D eigenvalue weighted by Gasteiger charge is 2.19. The van der Waals surface area contributed by atoms with Gasteiger partial charge in [-0.3, -0.25) is 0 Å². The van der Waals surface area contributed by atoms with Crippen molar-refractivity contribution >= 4 is 12.0 Å². The molecule has 2 amide bonds. The highest BCUT2D eigenvalue weighted by Crippen LogP contribution is 2.11. The Labute approximate surface area is 108 Å². The molecule has 1 unspecified atom stereocenters. The van der Waals surface area contributed by atoms with E-state index >= 15 is 0 Å². The zero-order valence-electron chi connectivity index (χ0n) is 11.6. The summed E-state index contributed by atoms with van der Waals surface area (Å²) < 4.78 is 5.21. The number of amides is 2. The predicted octanol–water partition coefficient (Wildman–Crippen LogP) is 1.35. The van der Waals surface area contributed by atoms with Crippen molar-refractivity contribution in [3.8, 4) is 0 Å². The fraction of sp³-hybridized carbons (Fsp3) is 0.833. The van der Waals surface area contributed by atoms with E-state index < -0.39 is 18.0 Å². The summed E-state index contributed by atoms with van der Waals surface area (Å²) in [6, 6.07) is -1.28. The smallest absolute Gasteiger partial charge is 0.326 e. The maximum atomic E-state index is 11.5. The summed E-state index contributed by atoms with van der Waals surface area (Å²) in [5.74, 6) is -1.01. The number of nitrogens with one attached hydrogen (secondary N) is 2. The Balaban J connectivity index is 3.99. The Bertz CT molecular complexity index is 279. The van der Waals surface area contributed by atoms with Gasteiger partial charge in [-0.2, -0.15) is 0 Å². The van der Waals surface area contributed by atoms with Crippen molar-refractivity contribution in [2.24, 2.45) is 0 Å². The molecular weight excluding hydrogens is 236 g/mol. The minimum absolute atomic E-state index is 0.303. The second kappa shape index (κ2) is 7.92. The largest absolute Gasteiger partial charge is 0.480 e. The van der Waals surface area contributed by atoms with Crippen LogP contribution >= 0.6 is 0 Å². The first-order chi connectivity index (χ1) is 8.32. The van der Waals surface area contributed by atoms with Crippen LogP contribution in [-0.4, -0.2) is 42.4 Å². The molecule has 0 aliphatic heterocycles. The molecule has 0 heterocycles. The molecule has 3 N–H and O–H groups in total. The number of rotatable bonds is 8. The normalized spacial score (nSPS) is 12.9. The molecule has 0 fully saturated rings. The number of aliphatic carboxylic acids is 1. The van der Waals surface area contributed by atoms with Crippen molar-refractivity contribution in [2.45, 2.75) is 51.7 Å². The predicted molar refractivity (Wildman–Crippen MR) is 68.6 cm³/mol. The molecular formula is C12H24N2O4. The third-order valence-electron chi connectivity index (χ3n) is 2.75. The van der Waals surface area contributed by atoms with Crippen molar-refractivity contribution in [2.75, 3.05) is 13.7 Å². The zero-order chi connectivity index (χ0) is 14.2. The molecule has 1 atom stereocenters. The molecule has 0 bridgehead atoms. The van der Waals surface area contributed by atoms with Gasteiger partial charge in [0.2, 0.25) is 0 Å². The summed E-state index contributed by atoms with van der Waals surface area (Å²) in [5.41, 5.74) is -0.303. The van der Waals surface area contributed by atoms with Crippen LogP contribution in [0.25, 0.3) is 0 Å². The highest BCUT2D eigenvalue weighted by atomic mass is 16.5. The molecule has 0 aromatic rings. The van der Waals surface area contributed by atoms with Gasteiger partial charge in [0.05, 0.1) is 5.60 Å². The number of methoxy groups -OCH3 is 1. The van der Waals surface area contributed by atoms with Crippen molar-refractivity contribution in [3.63, 3.8) is 0 Å². The second-order valence-electron chi connectivity index (χ2n) is 4.79. The quantitative estimate of drug-likeness (QED) is 0.615. The molecule has 0 aliphatic carbocycles. The third-order valence-corrected chi connectivity index (χ3v) is 2.75.